The molecule has 1 aromatic carbocycles. The van der Waals surface area contributed by atoms with Gasteiger partial charge in [-0.15, -0.1) is 0 Å². The second kappa shape index (κ2) is 7.77. The third-order valence-electron chi connectivity index (χ3n) is 3.23. The Morgan fingerprint density at radius 3 is 2.29 bits per heavy atom. The van der Waals surface area contributed by atoms with E-state index in [-0.39, 0.29) is 16.9 Å². The molecule has 1 heterocycles. The van der Waals surface area contributed by atoms with E-state index in [1.165, 1.54) is 6.07 Å². The number of hydrogen-bond donors (Lipinski definition) is 1. The van der Waals surface area contributed by atoms with Crippen LogP contribution in [0.2, 0.25) is 0 Å². The Balaban J connectivity index is 0.00000139. The molecule has 0 unspecified atom stereocenters. The van der Waals surface area contributed by atoms with E-state index in [0.717, 1.165) is 0 Å². The SMILES string of the molecule is CC.Cc1ccc(NC(=O)c2ccc(C(C)(C)C)o2)cc1[N+](=O)[O-]. The molecule has 24 heavy (non-hydrogen) atoms. The van der Waals surface area contributed by atoms with Gasteiger partial charge in [0.2, 0.25) is 0 Å². The number of nitrogens with zero attached hydrogens (tertiary/aromatic N) is 1. The third-order valence-corrected chi connectivity index (χ3v) is 3.23. The molecule has 1 aromatic heterocycles. The Morgan fingerprint density at radius 1 is 1.17 bits per heavy atom. The van der Waals surface area contributed by atoms with E-state index in [1.54, 1.807) is 31.2 Å². The molecule has 0 aliphatic rings. The summed E-state index contributed by atoms with van der Waals surface area (Å²) in [4.78, 5) is 22.6. The molecule has 0 spiro atoms. The van der Waals surface area contributed by atoms with Crippen molar-refractivity contribution in [3.8, 4) is 0 Å². The summed E-state index contributed by atoms with van der Waals surface area (Å²) in [6, 6.07) is 7.90. The zero-order chi connectivity index (χ0) is 18.5. The average molecular weight is 332 g/mol. The van der Waals surface area contributed by atoms with E-state index in [1.807, 2.05) is 34.6 Å². The molecule has 0 saturated heterocycles. The van der Waals surface area contributed by atoms with Crippen LogP contribution < -0.4 is 5.32 Å². The molecule has 1 amide bonds. The number of benzene rings is 1. The summed E-state index contributed by atoms with van der Waals surface area (Å²) in [6.45, 7) is 11.6. The molecular weight excluding hydrogens is 308 g/mol. The van der Waals surface area contributed by atoms with Gasteiger partial charge in [0.05, 0.1) is 4.92 Å². The zero-order valence-electron chi connectivity index (χ0n) is 15.0. The van der Waals surface area contributed by atoms with Crippen LogP contribution in [0.25, 0.3) is 0 Å². The van der Waals surface area contributed by atoms with Gasteiger partial charge in [-0.3, -0.25) is 14.9 Å². The van der Waals surface area contributed by atoms with E-state index in [4.69, 9.17) is 4.42 Å². The maximum Gasteiger partial charge on any atom is 0.291 e. The van der Waals surface area contributed by atoms with Gasteiger partial charge in [0, 0.05) is 22.7 Å². The topological polar surface area (TPSA) is 85.4 Å². The third kappa shape index (κ3) is 4.68. The number of furan rings is 1. The van der Waals surface area contributed by atoms with Crippen LogP contribution in [0.3, 0.4) is 0 Å². The fraction of sp³-hybridized carbons (Fsp3) is 0.389. The van der Waals surface area contributed by atoms with Crippen LogP contribution in [0.15, 0.2) is 34.7 Å². The van der Waals surface area contributed by atoms with Crippen LogP contribution in [-0.2, 0) is 5.41 Å². The highest BCUT2D eigenvalue weighted by molar-refractivity contribution is 6.02. The molecule has 6 heteroatoms. The smallest absolute Gasteiger partial charge is 0.291 e. The van der Waals surface area contributed by atoms with Gasteiger partial charge in [0.1, 0.15) is 5.76 Å². The maximum absolute atomic E-state index is 12.1. The van der Waals surface area contributed by atoms with Crippen molar-refractivity contribution in [2.75, 3.05) is 5.32 Å². The molecule has 0 atom stereocenters. The first kappa shape index (κ1) is 19.4. The molecule has 0 aliphatic carbocycles. The number of amides is 1. The normalized spacial score (nSPS) is 10.6. The van der Waals surface area contributed by atoms with Crippen molar-refractivity contribution in [1.29, 1.82) is 0 Å². The first-order valence-electron chi connectivity index (χ1n) is 7.85. The Bertz CT molecular complexity index is 727. The Kier molecular flexibility index (Phi) is 6.28. The van der Waals surface area contributed by atoms with Crippen LogP contribution in [0.4, 0.5) is 11.4 Å². The summed E-state index contributed by atoms with van der Waals surface area (Å²) in [5, 5.41) is 13.5. The van der Waals surface area contributed by atoms with Crippen molar-refractivity contribution in [2.24, 2.45) is 0 Å². The van der Waals surface area contributed by atoms with Gasteiger partial charge in [0.15, 0.2) is 5.76 Å². The number of rotatable bonds is 3. The molecule has 130 valence electrons. The van der Waals surface area contributed by atoms with Gasteiger partial charge < -0.3 is 9.73 Å². The fourth-order valence-corrected chi connectivity index (χ4v) is 1.94. The number of carbonyl (C=O) groups is 1. The number of carbonyl (C=O) groups excluding carboxylic acids is 1. The van der Waals surface area contributed by atoms with Gasteiger partial charge in [0.25, 0.3) is 11.6 Å². The fourth-order valence-electron chi connectivity index (χ4n) is 1.94. The first-order valence-corrected chi connectivity index (χ1v) is 7.85. The Morgan fingerprint density at radius 2 is 1.79 bits per heavy atom. The summed E-state index contributed by atoms with van der Waals surface area (Å²) < 4.78 is 5.54. The van der Waals surface area contributed by atoms with Crippen LogP contribution in [-0.4, -0.2) is 10.8 Å². The number of nitro groups is 1. The van der Waals surface area contributed by atoms with Crippen molar-refractivity contribution >= 4 is 17.3 Å². The first-order chi connectivity index (χ1) is 11.2. The number of hydrogen-bond acceptors (Lipinski definition) is 4. The van der Waals surface area contributed by atoms with E-state index < -0.39 is 10.8 Å². The summed E-state index contributed by atoms with van der Waals surface area (Å²) in [7, 11) is 0. The predicted molar refractivity (Wildman–Crippen MR) is 94.5 cm³/mol. The van der Waals surface area contributed by atoms with Crippen molar-refractivity contribution in [1.82, 2.24) is 0 Å². The monoisotopic (exact) mass is 332 g/mol. The summed E-state index contributed by atoms with van der Waals surface area (Å²) >= 11 is 0. The zero-order valence-corrected chi connectivity index (χ0v) is 15.0. The minimum atomic E-state index is -0.477. The molecule has 0 saturated carbocycles. The predicted octanol–water partition coefficient (Wildman–Crippen LogP) is 5.07. The molecule has 0 radical (unpaired) electrons. The molecule has 2 aromatic rings. The van der Waals surface area contributed by atoms with Crippen molar-refractivity contribution < 1.29 is 14.1 Å². The van der Waals surface area contributed by atoms with Crippen LogP contribution in [0.1, 0.15) is 56.5 Å². The van der Waals surface area contributed by atoms with Gasteiger partial charge >= 0.3 is 0 Å². The van der Waals surface area contributed by atoms with Gasteiger partial charge in [-0.05, 0) is 25.1 Å². The van der Waals surface area contributed by atoms with E-state index >= 15 is 0 Å². The highest BCUT2D eigenvalue weighted by atomic mass is 16.6. The molecule has 1 N–H and O–H groups in total. The molecule has 0 aliphatic heterocycles. The lowest BCUT2D eigenvalue weighted by atomic mass is 9.94. The molecule has 0 bridgehead atoms. The van der Waals surface area contributed by atoms with E-state index in [2.05, 4.69) is 5.32 Å². The highest BCUT2D eigenvalue weighted by Crippen LogP contribution is 2.26. The van der Waals surface area contributed by atoms with Crippen molar-refractivity contribution in [3.63, 3.8) is 0 Å². The highest BCUT2D eigenvalue weighted by Gasteiger charge is 2.21. The molecule has 2 rings (SSSR count). The maximum atomic E-state index is 12.1. The summed E-state index contributed by atoms with van der Waals surface area (Å²) in [6.07, 6.45) is 0. The van der Waals surface area contributed by atoms with Gasteiger partial charge in [-0.25, -0.2) is 0 Å². The van der Waals surface area contributed by atoms with E-state index in [9.17, 15) is 14.9 Å². The number of nitrogens with one attached hydrogen (secondary N) is 1. The van der Waals surface area contributed by atoms with Gasteiger partial charge in [-0.1, -0.05) is 40.7 Å². The van der Waals surface area contributed by atoms with Crippen molar-refractivity contribution in [2.45, 2.75) is 47.0 Å². The second-order valence-corrected chi connectivity index (χ2v) is 6.13. The van der Waals surface area contributed by atoms with Crippen LogP contribution in [0.5, 0.6) is 0 Å². The van der Waals surface area contributed by atoms with Crippen LogP contribution in [0, 0.1) is 17.0 Å². The quantitative estimate of drug-likeness (QED) is 0.628. The Labute approximate surface area is 142 Å². The number of anilines is 1. The number of aryl methyl sites for hydroxylation is 1. The van der Waals surface area contributed by atoms with Crippen LogP contribution >= 0.6 is 0 Å². The minimum absolute atomic E-state index is 0.0346. The van der Waals surface area contributed by atoms with Crippen molar-refractivity contribution in [3.05, 3.63) is 57.5 Å². The van der Waals surface area contributed by atoms with E-state index in [0.29, 0.717) is 17.0 Å². The summed E-state index contributed by atoms with van der Waals surface area (Å²) in [5.74, 6) is 0.439. The molecule has 0 fully saturated rings. The Hall–Kier alpha value is -2.63. The standard InChI is InChI=1S/C16H18N2O4.C2H6/c1-10-5-6-11(9-12(10)18(20)21)17-15(19)13-7-8-14(22-13)16(2,3)4;1-2/h5-9H,1-4H3,(H,17,19);1-2H3. The lowest BCUT2D eigenvalue weighted by Gasteiger charge is -2.14. The number of nitro benzene ring substituents is 1. The lowest BCUT2D eigenvalue weighted by molar-refractivity contribution is -0.385. The second-order valence-electron chi connectivity index (χ2n) is 6.13. The van der Waals surface area contributed by atoms with Gasteiger partial charge in [-0.2, -0.15) is 0 Å². The lowest BCUT2D eigenvalue weighted by Crippen LogP contribution is -2.12. The largest absolute Gasteiger partial charge is 0.455 e. The molecule has 6 nitrogen and oxygen atoms in total. The average Bonchev–Trinajstić information content (AvgIpc) is 3.01. The minimum Gasteiger partial charge on any atom is -0.455 e. The molecular formula is C18H24N2O4. The summed E-state index contributed by atoms with van der Waals surface area (Å²) in [5.41, 5.74) is 0.668.